The number of aromatic nitrogens is 4. The van der Waals surface area contributed by atoms with E-state index < -0.39 is 0 Å². The van der Waals surface area contributed by atoms with Crippen molar-refractivity contribution >= 4 is 0 Å². The van der Waals surface area contributed by atoms with Gasteiger partial charge in [0.25, 0.3) is 11.1 Å². The molecule has 0 amide bonds. The average Bonchev–Trinajstić information content (AvgIpc) is 2.45. The quantitative estimate of drug-likeness (QED) is 0.642. The Bertz CT molecular complexity index is 563. The van der Waals surface area contributed by atoms with Crippen molar-refractivity contribution < 1.29 is 0 Å². The van der Waals surface area contributed by atoms with Crippen LogP contribution in [0.25, 0.3) is 5.95 Å². The predicted molar refractivity (Wildman–Crippen MR) is 49.5 cm³/mol. The lowest BCUT2D eigenvalue weighted by Crippen LogP contribution is -2.14. The van der Waals surface area contributed by atoms with Crippen molar-refractivity contribution in [2.45, 2.75) is 6.92 Å². The van der Waals surface area contributed by atoms with Crippen LogP contribution in [-0.2, 0) is 0 Å². The number of H-pyrrole nitrogens is 2. The number of hydrogen-bond donors (Lipinski definition) is 2. The van der Waals surface area contributed by atoms with Crippen molar-refractivity contribution in [3.05, 3.63) is 44.7 Å². The van der Waals surface area contributed by atoms with Crippen LogP contribution in [0.2, 0.25) is 0 Å². The SMILES string of the molecule is Cc1cc(=O)[nH]n1-c1nccc(=O)[nH]1. The van der Waals surface area contributed by atoms with Crippen LogP contribution in [0.5, 0.6) is 0 Å². The van der Waals surface area contributed by atoms with Crippen molar-refractivity contribution in [2.75, 3.05) is 0 Å². The molecule has 2 rings (SSSR count). The molecule has 2 aromatic rings. The van der Waals surface area contributed by atoms with Gasteiger partial charge < -0.3 is 0 Å². The van der Waals surface area contributed by atoms with Crippen LogP contribution in [0, 0.1) is 6.92 Å². The highest BCUT2D eigenvalue weighted by molar-refractivity contribution is 5.13. The van der Waals surface area contributed by atoms with Crippen molar-refractivity contribution in [3.8, 4) is 5.95 Å². The van der Waals surface area contributed by atoms with Gasteiger partial charge in [0.05, 0.1) is 0 Å². The van der Waals surface area contributed by atoms with E-state index in [2.05, 4.69) is 15.1 Å². The van der Waals surface area contributed by atoms with Gasteiger partial charge in [-0.2, -0.15) is 0 Å². The predicted octanol–water partition coefficient (Wildman–Crippen LogP) is -0.443. The monoisotopic (exact) mass is 192 g/mol. The molecular weight excluding hydrogens is 184 g/mol. The summed E-state index contributed by atoms with van der Waals surface area (Å²) in [5, 5.41) is 2.52. The lowest BCUT2D eigenvalue weighted by molar-refractivity contribution is 0.768. The van der Waals surface area contributed by atoms with E-state index >= 15 is 0 Å². The van der Waals surface area contributed by atoms with Gasteiger partial charge in [0, 0.05) is 24.0 Å². The molecule has 2 N–H and O–H groups in total. The number of nitrogens with one attached hydrogen (secondary N) is 2. The van der Waals surface area contributed by atoms with Gasteiger partial charge in [0.2, 0.25) is 5.95 Å². The first-order valence-electron chi connectivity index (χ1n) is 4.01. The lowest BCUT2D eigenvalue weighted by atomic mass is 10.5. The molecule has 0 spiro atoms. The summed E-state index contributed by atoms with van der Waals surface area (Å²) in [6.07, 6.45) is 1.38. The molecule has 0 radical (unpaired) electrons. The van der Waals surface area contributed by atoms with E-state index in [-0.39, 0.29) is 11.1 Å². The lowest BCUT2D eigenvalue weighted by Gasteiger charge is -2.01. The number of rotatable bonds is 1. The third-order valence-corrected chi connectivity index (χ3v) is 1.78. The summed E-state index contributed by atoms with van der Waals surface area (Å²) in [6, 6.07) is 2.73. The maximum absolute atomic E-state index is 11.0. The standard InChI is InChI=1S/C8H8N4O2/c1-5-4-7(14)11-12(5)8-9-3-2-6(13)10-8/h2-4H,1H3,(H,11,14)(H,9,10,13). The highest BCUT2D eigenvalue weighted by atomic mass is 16.1. The second kappa shape index (κ2) is 2.99. The molecule has 14 heavy (non-hydrogen) atoms. The van der Waals surface area contributed by atoms with E-state index in [9.17, 15) is 9.59 Å². The van der Waals surface area contributed by atoms with Crippen LogP contribution in [0.3, 0.4) is 0 Å². The van der Waals surface area contributed by atoms with Crippen molar-refractivity contribution in [2.24, 2.45) is 0 Å². The maximum Gasteiger partial charge on any atom is 0.264 e. The average molecular weight is 192 g/mol. The fourth-order valence-corrected chi connectivity index (χ4v) is 1.18. The summed E-state index contributed by atoms with van der Waals surface area (Å²) in [6.45, 7) is 1.74. The molecule has 0 bridgehead atoms. The minimum atomic E-state index is -0.260. The number of hydrogen-bond acceptors (Lipinski definition) is 3. The van der Waals surface area contributed by atoms with Crippen molar-refractivity contribution in [1.82, 2.24) is 19.7 Å². The van der Waals surface area contributed by atoms with Crippen LogP contribution >= 0.6 is 0 Å². The largest absolute Gasteiger partial charge is 0.291 e. The Kier molecular flexibility index (Phi) is 1.81. The summed E-state index contributed by atoms with van der Waals surface area (Å²) < 4.78 is 1.42. The fourth-order valence-electron chi connectivity index (χ4n) is 1.18. The maximum atomic E-state index is 11.0. The molecular formula is C8H8N4O2. The van der Waals surface area contributed by atoms with Crippen LogP contribution in [-0.4, -0.2) is 19.7 Å². The van der Waals surface area contributed by atoms with E-state index in [0.29, 0.717) is 11.6 Å². The van der Waals surface area contributed by atoms with Crippen LogP contribution in [0.1, 0.15) is 5.69 Å². The summed E-state index contributed by atoms with van der Waals surface area (Å²) in [7, 11) is 0. The number of nitrogens with zero attached hydrogens (tertiary/aromatic N) is 2. The van der Waals surface area contributed by atoms with Crippen LogP contribution in [0.15, 0.2) is 27.9 Å². The van der Waals surface area contributed by atoms with Crippen molar-refractivity contribution in [1.29, 1.82) is 0 Å². The highest BCUT2D eigenvalue weighted by Gasteiger charge is 2.03. The Hall–Kier alpha value is -2.11. The molecule has 0 aliphatic heterocycles. The Balaban J connectivity index is 2.65. The zero-order valence-electron chi connectivity index (χ0n) is 7.44. The van der Waals surface area contributed by atoms with Gasteiger partial charge in [-0.1, -0.05) is 0 Å². The number of aromatic amines is 2. The summed E-state index contributed by atoms with van der Waals surface area (Å²) in [5.74, 6) is 0.303. The van der Waals surface area contributed by atoms with Gasteiger partial charge in [-0.05, 0) is 6.92 Å². The fraction of sp³-hybridized carbons (Fsp3) is 0.125. The van der Waals surface area contributed by atoms with Gasteiger partial charge in [0.1, 0.15) is 0 Å². The van der Waals surface area contributed by atoms with Crippen LogP contribution in [0.4, 0.5) is 0 Å². The molecule has 0 fully saturated rings. The zero-order valence-corrected chi connectivity index (χ0v) is 7.44. The molecule has 0 aromatic carbocycles. The third-order valence-electron chi connectivity index (χ3n) is 1.78. The van der Waals surface area contributed by atoms with Crippen LogP contribution < -0.4 is 11.1 Å². The smallest absolute Gasteiger partial charge is 0.264 e. The van der Waals surface area contributed by atoms with E-state index in [0.717, 1.165) is 0 Å². The molecule has 0 aliphatic rings. The van der Waals surface area contributed by atoms with E-state index in [1.54, 1.807) is 6.92 Å². The first-order valence-corrected chi connectivity index (χ1v) is 4.01. The molecule has 0 aliphatic carbocycles. The topological polar surface area (TPSA) is 83.5 Å². The molecule has 2 heterocycles. The molecule has 6 heteroatoms. The molecule has 0 atom stereocenters. The summed E-state index contributed by atoms with van der Waals surface area (Å²) >= 11 is 0. The van der Waals surface area contributed by atoms with Gasteiger partial charge in [-0.3, -0.25) is 19.7 Å². The van der Waals surface area contributed by atoms with E-state index in [1.165, 1.54) is 23.0 Å². The third kappa shape index (κ3) is 1.37. The minimum Gasteiger partial charge on any atom is -0.291 e. The molecule has 0 unspecified atom stereocenters. The van der Waals surface area contributed by atoms with Crippen molar-refractivity contribution in [3.63, 3.8) is 0 Å². The second-order valence-corrected chi connectivity index (χ2v) is 2.85. The van der Waals surface area contributed by atoms with Gasteiger partial charge in [0.15, 0.2) is 0 Å². The van der Waals surface area contributed by atoms with Gasteiger partial charge in [-0.25, -0.2) is 9.67 Å². The van der Waals surface area contributed by atoms with Gasteiger partial charge in [-0.15, -0.1) is 0 Å². The Morgan fingerprint density at radius 1 is 1.36 bits per heavy atom. The normalized spacial score (nSPS) is 10.4. The summed E-state index contributed by atoms with van der Waals surface area (Å²) in [5.41, 5.74) is 0.197. The summed E-state index contributed by atoms with van der Waals surface area (Å²) in [4.78, 5) is 28.4. The highest BCUT2D eigenvalue weighted by Crippen LogP contribution is 1.97. The Morgan fingerprint density at radius 3 is 2.71 bits per heavy atom. The Morgan fingerprint density at radius 2 is 2.14 bits per heavy atom. The Labute approximate surface area is 78.2 Å². The molecule has 6 nitrogen and oxygen atoms in total. The van der Waals surface area contributed by atoms with E-state index in [4.69, 9.17) is 0 Å². The zero-order chi connectivity index (χ0) is 10.1. The minimum absolute atomic E-state index is 0.228. The van der Waals surface area contributed by atoms with Gasteiger partial charge >= 0.3 is 0 Å². The molecule has 0 saturated carbocycles. The number of aryl methyl sites for hydroxylation is 1. The molecule has 72 valence electrons. The second-order valence-electron chi connectivity index (χ2n) is 2.85. The molecule has 0 saturated heterocycles. The first kappa shape index (κ1) is 8.49. The van der Waals surface area contributed by atoms with E-state index in [1.807, 2.05) is 0 Å². The first-order chi connectivity index (χ1) is 6.66. The molecule has 2 aromatic heterocycles.